The Kier molecular flexibility index (Phi) is 5.12. The van der Waals surface area contributed by atoms with Crippen molar-refractivity contribution in [1.29, 1.82) is 0 Å². The highest BCUT2D eigenvalue weighted by molar-refractivity contribution is 6.30. The Morgan fingerprint density at radius 3 is 2.43 bits per heavy atom. The molecule has 21 heavy (non-hydrogen) atoms. The molecule has 112 valence electrons. The third-order valence-electron chi connectivity index (χ3n) is 3.15. The number of halogens is 3. The van der Waals surface area contributed by atoms with E-state index in [0.29, 0.717) is 22.8 Å². The van der Waals surface area contributed by atoms with Crippen molar-refractivity contribution in [2.45, 2.75) is 12.5 Å². The summed E-state index contributed by atoms with van der Waals surface area (Å²) in [5, 5.41) is 0.548. The summed E-state index contributed by atoms with van der Waals surface area (Å²) in [6.45, 7) is 0. The first-order valence-electron chi connectivity index (χ1n) is 6.28. The van der Waals surface area contributed by atoms with E-state index in [2.05, 4.69) is 5.43 Å². The number of benzene rings is 2. The standard InChI is InChI=1S/C15H15ClF2N2O/c1-21-15-3-2-11(16)4-10(15)7-14(20-19)9-5-12(17)8-13(18)6-9/h2-6,8,14,20H,7,19H2,1H3. The van der Waals surface area contributed by atoms with E-state index in [4.69, 9.17) is 22.2 Å². The number of methoxy groups -OCH3 is 1. The van der Waals surface area contributed by atoms with Gasteiger partial charge in [-0.3, -0.25) is 11.3 Å². The van der Waals surface area contributed by atoms with E-state index in [1.807, 2.05) is 0 Å². The molecule has 0 fully saturated rings. The van der Waals surface area contributed by atoms with E-state index >= 15 is 0 Å². The molecule has 0 heterocycles. The van der Waals surface area contributed by atoms with Crippen molar-refractivity contribution >= 4 is 11.6 Å². The van der Waals surface area contributed by atoms with E-state index in [-0.39, 0.29) is 0 Å². The molecule has 0 aliphatic heterocycles. The number of hydrogen-bond acceptors (Lipinski definition) is 3. The van der Waals surface area contributed by atoms with E-state index < -0.39 is 17.7 Å². The van der Waals surface area contributed by atoms with Crippen LogP contribution in [0.25, 0.3) is 0 Å². The summed E-state index contributed by atoms with van der Waals surface area (Å²) in [5.41, 5.74) is 3.76. The highest BCUT2D eigenvalue weighted by Crippen LogP contribution is 2.28. The molecule has 0 saturated carbocycles. The van der Waals surface area contributed by atoms with Gasteiger partial charge >= 0.3 is 0 Å². The van der Waals surface area contributed by atoms with Crippen molar-refractivity contribution in [3.05, 3.63) is 64.2 Å². The van der Waals surface area contributed by atoms with Crippen molar-refractivity contribution in [3.8, 4) is 5.75 Å². The van der Waals surface area contributed by atoms with E-state index in [1.165, 1.54) is 12.1 Å². The molecular weight excluding hydrogens is 298 g/mol. The Labute approximate surface area is 126 Å². The van der Waals surface area contributed by atoms with Gasteiger partial charge in [-0.15, -0.1) is 0 Å². The minimum Gasteiger partial charge on any atom is -0.496 e. The van der Waals surface area contributed by atoms with Gasteiger partial charge in [0.2, 0.25) is 0 Å². The fourth-order valence-corrected chi connectivity index (χ4v) is 2.37. The summed E-state index contributed by atoms with van der Waals surface area (Å²) in [6.07, 6.45) is 0.378. The predicted octanol–water partition coefficient (Wildman–Crippen LogP) is 3.37. The van der Waals surface area contributed by atoms with Crippen molar-refractivity contribution in [3.63, 3.8) is 0 Å². The summed E-state index contributed by atoms with van der Waals surface area (Å²) in [4.78, 5) is 0. The van der Waals surface area contributed by atoms with Gasteiger partial charge in [0, 0.05) is 11.1 Å². The van der Waals surface area contributed by atoms with Crippen LogP contribution in [0, 0.1) is 11.6 Å². The Hall–Kier alpha value is -1.69. The van der Waals surface area contributed by atoms with Gasteiger partial charge in [-0.25, -0.2) is 8.78 Å². The summed E-state index contributed by atoms with van der Waals surface area (Å²) < 4.78 is 31.9. The van der Waals surface area contributed by atoms with Crippen LogP contribution in [0.2, 0.25) is 5.02 Å². The van der Waals surface area contributed by atoms with Crippen LogP contribution in [0.5, 0.6) is 5.75 Å². The zero-order valence-electron chi connectivity index (χ0n) is 11.4. The van der Waals surface area contributed by atoms with Crippen LogP contribution in [0.1, 0.15) is 17.2 Å². The van der Waals surface area contributed by atoms with Gasteiger partial charge in [-0.05, 0) is 47.9 Å². The molecule has 6 heteroatoms. The third-order valence-corrected chi connectivity index (χ3v) is 3.39. The van der Waals surface area contributed by atoms with Gasteiger partial charge < -0.3 is 4.74 Å². The molecule has 2 aromatic rings. The smallest absolute Gasteiger partial charge is 0.126 e. The minimum absolute atomic E-state index is 0.378. The molecule has 0 radical (unpaired) electrons. The Morgan fingerprint density at radius 1 is 1.19 bits per heavy atom. The van der Waals surface area contributed by atoms with Crippen LogP contribution in [0.4, 0.5) is 8.78 Å². The lowest BCUT2D eigenvalue weighted by Crippen LogP contribution is -2.29. The maximum absolute atomic E-state index is 13.3. The highest BCUT2D eigenvalue weighted by atomic mass is 35.5. The van der Waals surface area contributed by atoms with Gasteiger partial charge in [0.1, 0.15) is 17.4 Å². The zero-order valence-corrected chi connectivity index (χ0v) is 12.1. The fourth-order valence-electron chi connectivity index (χ4n) is 2.18. The molecule has 0 bridgehead atoms. The molecule has 3 N–H and O–H groups in total. The Morgan fingerprint density at radius 2 is 1.86 bits per heavy atom. The second kappa shape index (κ2) is 6.85. The molecule has 0 aliphatic rings. The largest absolute Gasteiger partial charge is 0.496 e. The van der Waals surface area contributed by atoms with Crippen molar-refractivity contribution < 1.29 is 13.5 Å². The molecular formula is C15H15ClF2N2O. The molecule has 2 aromatic carbocycles. The van der Waals surface area contributed by atoms with Crippen molar-refractivity contribution in [2.24, 2.45) is 5.84 Å². The number of ether oxygens (including phenoxy) is 1. The first-order valence-corrected chi connectivity index (χ1v) is 6.66. The summed E-state index contributed by atoms with van der Waals surface area (Å²) in [6, 6.07) is 8.00. The topological polar surface area (TPSA) is 47.3 Å². The van der Waals surface area contributed by atoms with Crippen LogP contribution in [0.15, 0.2) is 36.4 Å². The summed E-state index contributed by atoms with van der Waals surface area (Å²) in [7, 11) is 1.54. The van der Waals surface area contributed by atoms with Crippen LogP contribution in [0.3, 0.4) is 0 Å². The SMILES string of the molecule is COc1ccc(Cl)cc1CC(NN)c1cc(F)cc(F)c1. The lowest BCUT2D eigenvalue weighted by atomic mass is 9.98. The zero-order chi connectivity index (χ0) is 15.4. The maximum atomic E-state index is 13.3. The normalized spacial score (nSPS) is 12.2. The van der Waals surface area contributed by atoms with Crippen LogP contribution in [-0.4, -0.2) is 7.11 Å². The molecule has 0 amide bonds. The van der Waals surface area contributed by atoms with Gasteiger partial charge in [0.25, 0.3) is 0 Å². The quantitative estimate of drug-likeness (QED) is 0.657. The summed E-state index contributed by atoms with van der Waals surface area (Å²) >= 11 is 5.97. The second-order valence-corrected chi connectivity index (χ2v) is 5.02. The molecule has 2 rings (SSSR count). The second-order valence-electron chi connectivity index (χ2n) is 4.58. The fraction of sp³-hybridized carbons (Fsp3) is 0.200. The summed E-state index contributed by atoms with van der Waals surface area (Å²) in [5.74, 6) is 4.85. The molecule has 3 nitrogen and oxygen atoms in total. The minimum atomic E-state index is -0.650. The first-order chi connectivity index (χ1) is 10.0. The third kappa shape index (κ3) is 3.91. The van der Waals surface area contributed by atoms with Gasteiger partial charge in [0.15, 0.2) is 0 Å². The number of nitrogens with one attached hydrogen (secondary N) is 1. The van der Waals surface area contributed by atoms with Crippen LogP contribution in [-0.2, 0) is 6.42 Å². The van der Waals surface area contributed by atoms with Crippen LogP contribution < -0.4 is 16.0 Å². The average molecular weight is 313 g/mol. The predicted molar refractivity (Wildman–Crippen MR) is 78.1 cm³/mol. The highest BCUT2D eigenvalue weighted by Gasteiger charge is 2.16. The lowest BCUT2D eigenvalue weighted by molar-refractivity contribution is 0.405. The maximum Gasteiger partial charge on any atom is 0.126 e. The molecule has 1 unspecified atom stereocenters. The Balaban J connectivity index is 2.32. The lowest BCUT2D eigenvalue weighted by Gasteiger charge is -2.18. The molecule has 0 spiro atoms. The van der Waals surface area contributed by atoms with Crippen molar-refractivity contribution in [1.82, 2.24) is 5.43 Å². The molecule has 1 atom stereocenters. The van der Waals surface area contributed by atoms with E-state index in [1.54, 1.807) is 25.3 Å². The van der Waals surface area contributed by atoms with Gasteiger partial charge in [-0.2, -0.15) is 0 Å². The number of hydrazine groups is 1. The van der Waals surface area contributed by atoms with Gasteiger partial charge in [0.05, 0.1) is 13.2 Å². The van der Waals surface area contributed by atoms with E-state index in [0.717, 1.165) is 11.6 Å². The van der Waals surface area contributed by atoms with Crippen molar-refractivity contribution in [2.75, 3.05) is 7.11 Å². The number of rotatable bonds is 5. The molecule has 0 saturated heterocycles. The number of nitrogens with two attached hydrogens (primary N) is 1. The molecule has 0 aromatic heterocycles. The first kappa shape index (κ1) is 15.7. The Bertz CT molecular complexity index is 617. The monoisotopic (exact) mass is 312 g/mol. The van der Waals surface area contributed by atoms with Crippen LogP contribution >= 0.6 is 11.6 Å². The van der Waals surface area contributed by atoms with E-state index in [9.17, 15) is 8.78 Å². The average Bonchev–Trinajstić information content (AvgIpc) is 2.43. The van der Waals surface area contributed by atoms with Gasteiger partial charge in [-0.1, -0.05) is 11.6 Å². The molecule has 0 aliphatic carbocycles. The number of hydrogen-bond donors (Lipinski definition) is 2.